The monoisotopic (exact) mass is 385 g/mol. The van der Waals surface area contributed by atoms with Gasteiger partial charge in [0.1, 0.15) is 0 Å². The number of hydrogen-bond donors (Lipinski definition) is 1. The normalized spacial score (nSPS) is 18.7. The first kappa shape index (κ1) is 19.3. The molecule has 1 N–H and O–H groups in total. The van der Waals surface area contributed by atoms with E-state index < -0.39 is 5.97 Å². The van der Waals surface area contributed by atoms with E-state index >= 15 is 0 Å². The lowest BCUT2D eigenvalue weighted by molar-refractivity contribution is -0.137. The van der Waals surface area contributed by atoms with E-state index in [4.69, 9.17) is 0 Å². The van der Waals surface area contributed by atoms with Crippen LogP contribution in [0, 0.1) is 6.92 Å². The Morgan fingerprint density at radius 3 is 2.34 bits per heavy atom. The van der Waals surface area contributed by atoms with Gasteiger partial charge in [-0.3, -0.25) is 4.79 Å². The molecule has 0 spiro atoms. The van der Waals surface area contributed by atoms with Crippen LogP contribution in [0.1, 0.15) is 41.0 Å². The van der Waals surface area contributed by atoms with Gasteiger partial charge in [0.25, 0.3) is 0 Å². The summed E-state index contributed by atoms with van der Waals surface area (Å²) in [7, 11) is 0. The average molecular weight is 386 g/mol. The van der Waals surface area contributed by atoms with Crippen molar-refractivity contribution in [3.8, 4) is 0 Å². The maximum atomic E-state index is 11.6. The van der Waals surface area contributed by atoms with Crippen LogP contribution in [0.5, 0.6) is 0 Å². The molecule has 1 saturated heterocycles. The highest BCUT2D eigenvalue weighted by atomic mass is 16.4. The molecule has 1 aliphatic rings. The van der Waals surface area contributed by atoms with Crippen molar-refractivity contribution in [2.24, 2.45) is 0 Å². The summed E-state index contributed by atoms with van der Waals surface area (Å²) in [5.41, 5.74) is 6.27. The van der Waals surface area contributed by atoms with Crippen molar-refractivity contribution in [3.63, 3.8) is 0 Å². The summed E-state index contributed by atoms with van der Waals surface area (Å²) >= 11 is 0. The fraction of sp³-hybridized carbons (Fsp3) is 0.269. The summed E-state index contributed by atoms with van der Waals surface area (Å²) < 4.78 is 0. The summed E-state index contributed by atoms with van der Waals surface area (Å²) in [5.74, 6) is -0.488. The number of benzene rings is 3. The highest BCUT2D eigenvalue weighted by Gasteiger charge is 2.36. The molecule has 0 radical (unpaired) electrons. The van der Waals surface area contributed by atoms with Gasteiger partial charge in [0.2, 0.25) is 0 Å². The van der Waals surface area contributed by atoms with E-state index in [1.807, 2.05) is 18.2 Å². The lowest BCUT2D eigenvalue weighted by Gasteiger charge is -2.29. The van der Waals surface area contributed by atoms with E-state index in [9.17, 15) is 9.90 Å². The van der Waals surface area contributed by atoms with Crippen LogP contribution in [-0.2, 0) is 11.2 Å². The molecule has 3 heteroatoms. The Balaban J connectivity index is 1.55. The number of anilines is 1. The van der Waals surface area contributed by atoms with Crippen molar-refractivity contribution in [2.45, 2.75) is 38.1 Å². The van der Waals surface area contributed by atoms with Crippen LogP contribution in [0.15, 0.2) is 78.9 Å². The molecule has 0 saturated carbocycles. The zero-order valence-electron chi connectivity index (χ0n) is 16.8. The zero-order chi connectivity index (χ0) is 20.2. The van der Waals surface area contributed by atoms with E-state index in [2.05, 4.69) is 72.5 Å². The number of aliphatic carboxylic acids is 1. The van der Waals surface area contributed by atoms with Gasteiger partial charge < -0.3 is 10.0 Å². The van der Waals surface area contributed by atoms with Gasteiger partial charge in [-0.25, -0.2) is 0 Å². The lowest BCUT2D eigenvalue weighted by Crippen LogP contribution is -2.34. The molecule has 148 valence electrons. The van der Waals surface area contributed by atoms with Crippen LogP contribution in [0.4, 0.5) is 5.69 Å². The summed E-state index contributed by atoms with van der Waals surface area (Å²) in [6.45, 7) is 3.03. The predicted molar refractivity (Wildman–Crippen MR) is 118 cm³/mol. The molecule has 0 aliphatic carbocycles. The average Bonchev–Trinajstić information content (AvgIpc) is 3.14. The standard InChI is InChI=1S/C26H27NO2/c1-19-7-5-6-10-22(19)17-20-11-13-23(14-12-20)27-16-15-24(25(27)18-26(28)29)21-8-3-2-4-9-21/h2-14,24-25H,15-18H2,1H3,(H,28,29)/t24-,25-/m1/s1. The number of carboxylic acid groups (broad SMARTS) is 1. The smallest absolute Gasteiger partial charge is 0.305 e. The van der Waals surface area contributed by atoms with E-state index in [1.54, 1.807) is 0 Å². The molecule has 4 rings (SSSR count). The van der Waals surface area contributed by atoms with Crippen molar-refractivity contribution >= 4 is 11.7 Å². The molecule has 1 aliphatic heterocycles. The molecular formula is C26H27NO2. The molecule has 0 unspecified atom stereocenters. The molecule has 1 fully saturated rings. The van der Waals surface area contributed by atoms with E-state index in [1.165, 1.54) is 22.3 Å². The Kier molecular flexibility index (Phi) is 5.66. The lowest BCUT2D eigenvalue weighted by atomic mass is 9.90. The van der Waals surface area contributed by atoms with Crippen molar-refractivity contribution in [2.75, 3.05) is 11.4 Å². The maximum Gasteiger partial charge on any atom is 0.305 e. The highest BCUT2D eigenvalue weighted by Crippen LogP contribution is 2.38. The Hall–Kier alpha value is -3.07. The first-order chi connectivity index (χ1) is 14.1. The largest absolute Gasteiger partial charge is 0.481 e. The molecule has 3 aromatic rings. The molecule has 29 heavy (non-hydrogen) atoms. The van der Waals surface area contributed by atoms with Crippen LogP contribution >= 0.6 is 0 Å². The van der Waals surface area contributed by atoms with E-state index in [0.717, 1.165) is 25.1 Å². The first-order valence-corrected chi connectivity index (χ1v) is 10.3. The molecule has 3 aromatic carbocycles. The molecule has 2 atom stereocenters. The Morgan fingerprint density at radius 2 is 1.66 bits per heavy atom. The predicted octanol–water partition coefficient (Wildman–Crippen LogP) is 5.42. The first-order valence-electron chi connectivity index (χ1n) is 10.3. The Morgan fingerprint density at radius 1 is 0.966 bits per heavy atom. The van der Waals surface area contributed by atoms with Crippen molar-refractivity contribution in [3.05, 3.63) is 101 Å². The zero-order valence-corrected chi connectivity index (χ0v) is 16.8. The third-order valence-corrected chi connectivity index (χ3v) is 6.08. The van der Waals surface area contributed by atoms with Crippen molar-refractivity contribution in [1.29, 1.82) is 0 Å². The second-order valence-electron chi connectivity index (χ2n) is 7.93. The van der Waals surface area contributed by atoms with Gasteiger partial charge in [-0.2, -0.15) is 0 Å². The van der Waals surface area contributed by atoms with Crippen LogP contribution < -0.4 is 4.90 Å². The van der Waals surface area contributed by atoms with Gasteiger partial charge >= 0.3 is 5.97 Å². The number of aryl methyl sites for hydroxylation is 1. The number of rotatable bonds is 6. The summed E-state index contributed by atoms with van der Waals surface area (Å²) in [4.78, 5) is 13.9. The minimum absolute atomic E-state index is 0.0166. The summed E-state index contributed by atoms with van der Waals surface area (Å²) in [6, 6.07) is 27.4. The molecule has 0 aromatic heterocycles. The molecule has 1 heterocycles. The van der Waals surface area contributed by atoms with E-state index in [-0.39, 0.29) is 18.4 Å². The van der Waals surface area contributed by atoms with Crippen LogP contribution in [-0.4, -0.2) is 23.7 Å². The van der Waals surface area contributed by atoms with Gasteiger partial charge in [0, 0.05) is 24.2 Å². The van der Waals surface area contributed by atoms with Gasteiger partial charge in [0.05, 0.1) is 6.42 Å². The molecule has 3 nitrogen and oxygen atoms in total. The third kappa shape index (κ3) is 4.34. The van der Waals surface area contributed by atoms with E-state index in [0.29, 0.717) is 0 Å². The van der Waals surface area contributed by atoms with Crippen molar-refractivity contribution in [1.82, 2.24) is 0 Å². The molecule has 0 bridgehead atoms. The van der Waals surface area contributed by atoms with Crippen molar-refractivity contribution < 1.29 is 9.90 Å². The van der Waals surface area contributed by atoms with Gasteiger partial charge in [-0.15, -0.1) is 0 Å². The second-order valence-corrected chi connectivity index (χ2v) is 7.93. The molecule has 0 amide bonds. The molecular weight excluding hydrogens is 358 g/mol. The van der Waals surface area contributed by atoms with Crippen LogP contribution in [0.3, 0.4) is 0 Å². The number of hydrogen-bond acceptors (Lipinski definition) is 2. The topological polar surface area (TPSA) is 40.5 Å². The number of carboxylic acids is 1. The summed E-state index contributed by atoms with van der Waals surface area (Å²) in [5, 5.41) is 9.51. The van der Waals surface area contributed by atoms with Gasteiger partial charge in [0.15, 0.2) is 0 Å². The number of nitrogens with zero attached hydrogens (tertiary/aromatic N) is 1. The Bertz CT molecular complexity index is 966. The minimum atomic E-state index is -0.737. The second kappa shape index (κ2) is 8.52. The fourth-order valence-corrected chi connectivity index (χ4v) is 4.53. The summed E-state index contributed by atoms with van der Waals surface area (Å²) in [6.07, 6.45) is 2.05. The third-order valence-electron chi connectivity index (χ3n) is 6.08. The van der Waals surface area contributed by atoms with Crippen LogP contribution in [0.2, 0.25) is 0 Å². The van der Waals surface area contributed by atoms with Gasteiger partial charge in [-0.1, -0.05) is 66.7 Å². The van der Waals surface area contributed by atoms with Crippen LogP contribution in [0.25, 0.3) is 0 Å². The number of carbonyl (C=O) groups is 1. The minimum Gasteiger partial charge on any atom is -0.481 e. The quantitative estimate of drug-likeness (QED) is 0.616. The Labute approximate surface area is 172 Å². The maximum absolute atomic E-state index is 11.6. The SMILES string of the molecule is Cc1ccccc1Cc1ccc(N2CC[C@H](c3ccccc3)[C@H]2CC(=O)O)cc1. The fourth-order valence-electron chi connectivity index (χ4n) is 4.53. The highest BCUT2D eigenvalue weighted by molar-refractivity contribution is 5.69. The van der Waals surface area contributed by atoms with Gasteiger partial charge in [-0.05, 0) is 54.2 Å².